The van der Waals surface area contributed by atoms with Gasteiger partial charge in [-0.15, -0.1) is 0 Å². The molecule has 8 nitrogen and oxygen atoms in total. The number of rotatable bonds is 7. The number of benzene rings is 2. The predicted octanol–water partition coefficient (Wildman–Crippen LogP) is 3.51. The van der Waals surface area contributed by atoms with Crippen LogP contribution in [0.3, 0.4) is 0 Å². The fourth-order valence-electron chi connectivity index (χ4n) is 5.97. The number of aliphatic hydroxyl groups is 1. The maximum absolute atomic E-state index is 15.6. The summed E-state index contributed by atoms with van der Waals surface area (Å²) in [7, 11) is -3.89. The van der Waals surface area contributed by atoms with Crippen molar-refractivity contribution in [3.63, 3.8) is 0 Å². The fourth-order valence-corrected chi connectivity index (χ4v) is 8.16. The number of Topliss-reactive ketones (excluding diaryl/α,β-unsaturated/α-hetero) is 1. The highest BCUT2D eigenvalue weighted by Crippen LogP contribution is 2.53. The third-order valence-electron chi connectivity index (χ3n) is 7.91. The maximum atomic E-state index is 15.6. The molecule has 1 aliphatic heterocycles. The summed E-state index contributed by atoms with van der Waals surface area (Å²) >= 11 is 0. The SMILES string of the molecule is CC(C(=O)NO)C(=O)[C@]1(c2cc(F)c(CN3[C@@H](C)CC[C@H](c4ccccc4)S3(=O)=O)cc2F)C[C@@](C)(O)C1. The Hall–Kier alpha value is -2.73. The largest absolute Gasteiger partial charge is 0.390 e. The fraction of sp³-hybridized carbons (Fsp3) is 0.481. The molecule has 3 atom stereocenters. The van der Waals surface area contributed by atoms with Gasteiger partial charge in [0.25, 0.3) is 5.91 Å². The number of ketones is 1. The van der Waals surface area contributed by atoms with Crippen molar-refractivity contribution in [2.45, 2.75) is 75.3 Å². The first-order chi connectivity index (χ1) is 17.7. The second kappa shape index (κ2) is 10.1. The molecular formula is C27H32F2N2O6S. The minimum atomic E-state index is -3.89. The molecule has 0 bridgehead atoms. The Bertz CT molecular complexity index is 1340. The zero-order valence-corrected chi connectivity index (χ0v) is 22.3. The first-order valence-corrected chi connectivity index (χ1v) is 14.0. The average molecular weight is 551 g/mol. The molecular weight excluding hydrogens is 518 g/mol. The van der Waals surface area contributed by atoms with Gasteiger partial charge < -0.3 is 5.11 Å². The van der Waals surface area contributed by atoms with Crippen molar-refractivity contribution in [1.82, 2.24) is 9.79 Å². The van der Waals surface area contributed by atoms with E-state index in [0.717, 1.165) is 12.1 Å². The van der Waals surface area contributed by atoms with Crippen LogP contribution in [0.25, 0.3) is 0 Å². The van der Waals surface area contributed by atoms with Gasteiger partial charge in [-0.05, 0) is 64.2 Å². The molecule has 3 N–H and O–H groups in total. The van der Waals surface area contributed by atoms with Gasteiger partial charge in [0.05, 0.1) is 16.9 Å². The second-order valence-corrected chi connectivity index (χ2v) is 12.9. The molecule has 1 unspecified atom stereocenters. The molecule has 1 aliphatic carbocycles. The van der Waals surface area contributed by atoms with Gasteiger partial charge >= 0.3 is 0 Å². The van der Waals surface area contributed by atoms with E-state index in [9.17, 15) is 23.1 Å². The van der Waals surface area contributed by atoms with E-state index in [-0.39, 0.29) is 24.0 Å². The highest BCUT2D eigenvalue weighted by Gasteiger charge is 2.59. The summed E-state index contributed by atoms with van der Waals surface area (Å²) in [6.07, 6.45) is 0.463. The van der Waals surface area contributed by atoms with Gasteiger partial charge in [-0.25, -0.2) is 22.7 Å². The Balaban J connectivity index is 1.68. The van der Waals surface area contributed by atoms with Crippen molar-refractivity contribution in [3.05, 3.63) is 70.8 Å². The number of hydroxylamine groups is 1. The molecule has 1 saturated carbocycles. The topological polar surface area (TPSA) is 124 Å². The van der Waals surface area contributed by atoms with Crippen molar-refractivity contribution >= 4 is 21.7 Å². The Morgan fingerprint density at radius 1 is 1.13 bits per heavy atom. The standard InChI is InChI=1S/C27H32F2N2O6S/c1-16-9-10-23(18-7-5-4-6-8-18)38(36,37)31(16)13-19-11-22(29)20(12-21(19)28)27(14-26(3,34)15-27)24(32)17(2)25(33)30-35/h4-8,11-12,16-17,23,34-35H,9-10,13-15H2,1-3H3,(H,30,33)/t16-,17?,23+,26-,27-/m0/s1. The summed E-state index contributed by atoms with van der Waals surface area (Å²) in [5, 5.41) is 18.5. The quantitative estimate of drug-likeness (QED) is 0.275. The van der Waals surface area contributed by atoms with Gasteiger partial charge in [-0.3, -0.25) is 14.8 Å². The Kier molecular flexibility index (Phi) is 7.52. The van der Waals surface area contributed by atoms with Crippen LogP contribution < -0.4 is 5.48 Å². The number of nitrogens with zero attached hydrogens (tertiary/aromatic N) is 1. The normalized spacial score (nSPS) is 29.8. The van der Waals surface area contributed by atoms with E-state index >= 15 is 8.78 Å². The molecule has 2 fully saturated rings. The molecule has 0 spiro atoms. The van der Waals surface area contributed by atoms with Crippen LogP contribution in [0.4, 0.5) is 8.78 Å². The zero-order chi connectivity index (χ0) is 28.0. The number of hydrogen-bond donors (Lipinski definition) is 3. The van der Waals surface area contributed by atoms with Gasteiger partial charge in [0.2, 0.25) is 10.0 Å². The third-order valence-corrected chi connectivity index (χ3v) is 10.3. The predicted molar refractivity (Wildman–Crippen MR) is 134 cm³/mol. The molecule has 2 aromatic rings. The molecule has 206 valence electrons. The van der Waals surface area contributed by atoms with Crippen molar-refractivity contribution in [2.75, 3.05) is 0 Å². The smallest absolute Gasteiger partial charge is 0.253 e. The third kappa shape index (κ3) is 4.88. The van der Waals surface area contributed by atoms with Gasteiger partial charge in [-0.1, -0.05) is 30.3 Å². The molecule has 1 amide bonds. The summed E-state index contributed by atoms with van der Waals surface area (Å²) in [6, 6.07) is 10.1. The summed E-state index contributed by atoms with van der Waals surface area (Å²) in [5.74, 6) is -4.99. The molecule has 4 rings (SSSR count). The number of carbonyl (C=O) groups excluding carboxylic acids is 2. The van der Waals surface area contributed by atoms with Crippen molar-refractivity contribution in [3.8, 4) is 0 Å². The maximum Gasteiger partial charge on any atom is 0.253 e. The minimum absolute atomic E-state index is 0.190. The molecule has 2 aliphatic rings. The number of hydrogen-bond acceptors (Lipinski definition) is 6. The van der Waals surface area contributed by atoms with Gasteiger partial charge in [0.15, 0.2) is 5.78 Å². The lowest BCUT2D eigenvalue weighted by molar-refractivity contribution is -0.152. The van der Waals surface area contributed by atoms with E-state index in [1.165, 1.54) is 23.6 Å². The van der Waals surface area contributed by atoms with Gasteiger partial charge in [0, 0.05) is 23.7 Å². The molecule has 0 aromatic heterocycles. The van der Waals surface area contributed by atoms with Crippen LogP contribution in [0.2, 0.25) is 0 Å². The number of carbonyl (C=O) groups is 2. The minimum Gasteiger partial charge on any atom is -0.390 e. The monoisotopic (exact) mass is 550 g/mol. The van der Waals surface area contributed by atoms with Crippen LogP contribution in [-0.2, 0) is 31.6 Å². The van der Waals surface area contributed by atoms with E-state index in [0.29, 0.717) is 18.4 Å². The summed E-state index contributed by atoms with van der Waals surface area (Å²) in [6.45, 7) is 4.01. The first kappa shape index (κ1) is 28.3. The molecule has 1 saturated heterocycles. The average Bonchev–Trinajstić information content (AvgIpc) is 2.85. The first-order valence-electron chi connectivity index (χ1n) is 12.5. The highest BCUT2D eigenvalue weighted by atomic mass is 32.2. The van der Waals surface area contributed by atoms with Gasteiger partial charge in [-0.2, -0.15) is 4.31 Å². The summed E-state index contributed by atoms with van der Waals surface area (Å²) in [5.41, 5.74) is -1.50. The lowest BCUT2D eigenvalue weighted by atomic mass is 9.53. The zero-order valence-electron chi connectivity index (χ0n) is 21.4. The van der Waals surface area contributed by atoms with Crippen LogP contribution in [-0.4, -0.2) is 46.4 Å². The summed E-state index contributed by atoms with van der Waals surface area (Å²) < 4.78 is 59.3. The van der Waals surface area contributed by atoms with Crippen LogP contribution in [0.5, 0.6) is 0 Å². The molecule has 0 radical (unpaired) electrons. The molecule has 11 heteroatoms. The van der Waals surface area contributed by atoms with Crippen molar-refractivity contribution in [2.24, 2.45) is 5.92 Å². The Morgan fingerprint density at radius 2 is 1.76 bits per heavy atom. The number of nitrogens with one attached hydrogen (secondary N) is 1. The van der Waals surface area contributed by atoms with Crippen LogP contribution in [0, 0.1) is 17.6 Å². The molecule has 2 aromatic carbocycles. The molecule has 38 heavy (non-hydrogen) atoms. The van der Waals surface area contributed by atoms with Crippen LogP contribution in [0.15, 0.2) is 42.5 Å². The number of halogens is 2. The van der Waals surface area contributed by atoms with E-state index < -0.39 is 68.1 Å². The lowest BCUT2D eigenvalue weighted by Crippen LogP contribution is -2.60. The van der Waals surface area contributed by atoms with E-state index in [1.54, 1.807) is 37.3 Å². The van der Waals surface area contributed by atoms with Crippen LogP contribution >= 0.6 is 0 Å². The molecule has 1 heterocycles. The van der Waals surface area contributed by atoms with Crippen LogP contribution in [0.1, 0.15) is 68.4 Å². The highest BCUT2D eigenvalue weighted by molar-refractivity contribution is 7.89. The Labute approximate surface area is 220 Å². The number of amides is 1. The van der Waals surface area contributed by atoms with Crippen molar-refractivity contribution < 1.29 is 37.1 Å². The second-order valence-electron chi connectivity index (χ2n) is 10.8. The Morgan fingerprint density at radius 3 is 2.34 bits per heavy atom. The number of sulfonamides is 1. The van der Waals surface area contributed by atoms with E-state index in [4.69, 9.17) is 5.21 Å². The van der Waals surface area contributed by atoms with Crippen molar-refractivity contribution in [1.29, 1.82) is 0 Å². The van der Waals surface area contributed by atoms with E-state index in [1.807, 2.05) is 0 Å². The van der Waals surface area contributed by atoms with Gasteiger partial charge in [0.1, 0.15) is 16.9 Å². The lowest BCUT2D eigenvalue weighted by Gasteiger charge is -2.51. The van der Waals surface area contributed by atoms with E-state index in [2.05, 4.69) is 0 Å². The summed E-state index contributed by atoms with van der Waals surface area (Å²) in [4.78, 5) is 25.1.